The molecule has 1 heterocycles. The second-order valence-corrected chi connectivity index (χ2v) is 4.52. The van der Waals surface area contributed by atoms with Crippen molar-refractivity contribution in [3.05, 3.63) is 35.4 Å². The second kappa shape index (κ2) is 5.95. The number of fused-ring (bicyclic) bond motifs is 1. The fourth-order valence-corrected chi connectivity index (χ4v) is 2.37. The third-order valence-corrected chi connectivity index (χ3v) is 3.26. The summed E-state index contributed by atoms with van der Waals surface area (Å²) in [5, 5.41) is 9.06. The Labute approximate surface area is 111 Å². The first-order valence-corrected chi connectivity index (χ1v) is 6.23. The molecule has 5 heteroatoms. The molecule has 0 aliphatic carbocycles. The van der Waals surface area contributed by atoms with Gasteiger partial charge in [-0.25, -0.2) is 0 Å². The molecular formula is C14H17NO4. The molecular weight excluding hydrogens is 246 g/mol. The van der Waals surface area contributed by atoms with Gasteiger partial charge in [-0.3, -0.25) is 14.5 Å². The van der Waals surface area contributed by atoms with Gasteiger partial charge in [0.25, 0.3) is 5.91 Å². The van der Waals surface area contributed by atoms with E-state index in [9.17, 15) is 9.59 Å². The molecule has 19 heavy (non-hydrogen) atoms. The lowest BCUT2D eigenvalue weighted by molar-refractivity contribution is -0.131. The van der Waals surface area contributed by atoms with Gasteiger partial charge in [0.1, 0.15) is 0 Å². The molecule has 0 bridgehead atoms. The zero-order valence-electron chi connectivity index (χ0n) is 10.8. The van der Waals surface area contributed by atoms with Crippen LogP contribution in [0.1, 0.15) is 22.3 Å². The Morgan fingerprint density at radius 3 is 2.79 bits per heavy atom. The van der Waals surface area contributed by atoms with Gasteiger partial charge in [0.2, 0.25) is 5.91 Å². The van der Waals surface area contributed by atoms with Crippen LogP contribution in [0, 0.1) is 0 Å². The molecule has 1 aliphatic heterocycles. The van der Waals surface area contributed by atoms with Gasteiger partial charge in [-0.2, -0.15) is 0 Å². The number of amides is 2. The van der Waals surface area contributed by atoms with Gasteiger partial charge in [0.05, 0.1) is 19.1 Å². The number of hydrogen-bond donors (Lipinski definition) is 1. The predicted molar refractivity (Wildman–Crippen MR) is 68.7 cm³/mol. The van der Waals surface area contributed by atoms with Crippen molar-refractivity contribution in [1.82, 2.24) is 4.90 Å². The molecule has 5 nitrogen and oxygen atoms in total. The molecule has 1 atom stereocenters. The Bertz CT molecular complexity index is 480. The molecule has 1 aliphatic rings. The van der Waals surface area contributed by atoms with Crippen molar-refractivity contribution in [3.8, 4) is 0 Å². The molecule has 1 N–H and O–H groups in total. The van der Waals surface area contributed by atoms with Crippen molar-refractivity contribution in [2.75, 3.05) is 20.3 Å². The molecule has 1 aromatic rings. The van der Waals surface area contributed by atoms with Gasteiger partial charge in [-0.1, -0.05) is 18.2 Å². The van der Waals surface area contributed by atoms with Gasteiger partial charge < -0.3 is 9.84 Å². The average Bonchev–Trinajstić information content (AvgIpc) is 2.39. The number of rotatable bonds is 5. The first-order valence-electron chi connectivity index (χ1n) is 6.23. The van der Waals surface area contributed by atoms with E-state index in [2.05, 4.69) is 0 Å². The van der Waals surface area contributed by atoms with E-state index >= 15 is 0 Å². The Hall–Kier alpha value is -1.72. The van der Waals surface area contributed by atoms with E-state index < -0.39 is 6.04 Å². The van der Waals surface area contributed by atoms with Crippen LogP contribution in [-0.4, -0.2) is 48.2 Å². The first-order chi connectivity index (χ1) is 9.19. The molecule has 0 saturated heterocycles. The van der Waals surface area contributed by atoms with Crippen molar-refractivity contribution in [2.24, 2.45) is 0 Å². The van der Waals surface area contributed by atoms with E-state index in [0.29, 0.717) is 12.0 Å². The number of benzene rings is 1. The van der Waals surface area contributed by atoms with Crippen LogP contribution in [-0.2, 0) is 16.0 Å². The van der Waals surface area contributed by atoms with E-state index in [0.717, 1.165) is 5.56 Å². The van der Waals surface area contributed by atoms with Gasteiger partial charge in [0.15, 0.2) is 0 Å². The highest BCUT2D eigenvalue weighted by Gasteiger charge is 2.35. The summed E-state index contributed by atoms with van der Waals surface area (Å²) in [6, 6.07) is 6.69. The highest BCUT2D eigenvalue weighted by Crippen LogP contribution is 2.22. The largest absolute Gasteiger partial charge is 0.396 e. The van der Waals surface area contributed by atoms with Crippen LogP contribution in [0.15, 0.2) is 24.3 Å². The molecule has 0 aromatic heterocycles. The van der Waals surface area contributed by atoms with Crippen LogP contribution in [0.2, 0.25) is 0 Å². The van der Waals surface area contributed by atoms with Crippen LogP contribution in [0.3, 0.4) is 0 Å². The standard InChI is InChI=1S/C14H17NO4/c1-19-9-11(6-7-16)15-13(17)8-10-4-2-3-5-12(10)14(15)18/h2-5,11,16H,6-9H2,1H3. The third kappa shape index (κ3) is 2.67. The topological polar surface area (TPSA) is 66.8 Å². The van der Waals surface area contributed by atoms with Crippen LogP contribution >= 0.6 is 0 Å². The predicted octanol–water partition coefficient (Wildman–Crippen LogP) is 0.609. The molecule has 2 amide bonds. The number of imide groups is 1. The Balaban J connectivity index is 2.31. The monoisotopic (exact) mass is 263 g/mol. The molecule has 102 valence electrons. The summed E-state index contributed by atoms with van der Waals surface area (Å²) in [4.78, 5) is 25.7. The van der Waals surface area contributed by atoms with Crippen LogP contribution < -0.4 is 0 Å². The number of ether oxygens (including phenoxy) is 1. The molecule has 0 saturated carbocycles. The fourth-order valence-electron chi connectivity index (χ4n) is 2.37. The second-order valence-electron chi connectivity index (χ2n) is 4.52. The zero-order chi connectivity index (χ0) is 13.8. The van der Waals surface area contributed by atoms with Gasteiger partial charge in [-0.05, 0) is 18.1 Å². The van der Waals surface area contributed by atoms with Crippen molar-refractivity contribution in [3.63, 3.8) is 0 Å². The maximum absolute atomic E-state index is 12.4. The Morgan fingerprint density at radius 1 is 1.37 bits per heavy atom. The highest BCUT2D eigenvalue weighted by atomic mass is 16.5. The van der Waals surface area contributed by atoms with Crippen LogP contribution in [0.25, 0.3) is 0 Å². The van der Waals surface area contributed by atoms with Crippen molar-refractivity contribution in [1.29, 1.82) is 0 Å². The summed E-state index contributed by atoms with van der Waals surface area (Å²) in [5.74, 6) is -0.540. The number of methoxy groups -OCH3 is 1. The molecule has 1 aromatic carbocycles. The minimum absolute atomic E-state index is 0.0905. The van der Waals surface area contributed by atoms with E-state index in [1.54, 1.807) is 18.2 Å². The van der Waals surface area contributed by atoms with Gasteiger partial charge in [0, 0.05) is 19.3 Å². The summed E-state index contributed by atoms with van der Waals surface area (Å²) in [6.45, 7) is 0.146. The Morgan fingerprint density at radius 2 is 2.11 bits per heavy atom. The minimum Gasteiger partial charge on any atom is -0.396 e. The summed E-state index contributed by atoms with van der Waals surface area (Å²) in [6.07, 6.45) is 0.543. The Kier molecular flexibility index (Phi) is 4.29. The van der Waals surface area contributed by atoms with E-state index in [1.165, 1.54) is 12.0 Å². The smallest absolute Gasteiger partial charge is 0.261 e. The minimum atomic E-state index is -0.414. The lowest BCUT2D eigenvalue weighted by Crippen LogP contribution is -2.50. The fraction of sp³-hybridized carbons (Fsp3) is 0.429. The van der Waals surface area contributed by atoms with Crippen molar-refractivity contribution >= 4 is 11.8 Å². The van der Waals surface area contributed by atoms with Gasteiger partial charge >= 0.3 is 0 Å². The third-order valence-electron chi connectivity index (χ3n) is 3.26. The summed E-state index contributed by atoms with van der Waals surface area (Å²) < 4.78 is 5.04. The number of hydrogen-bond acceptors (Lipinski definition) is 4. The number of aliphatic hydroxyl groups excluding tert-OH is 1. The van der Waals surface area contributed by atoms with Crippen LogP contribution in [0.4, 0.5) is 0 Å². The van der Waals surface area contributed by atoms with Crippen molar-refractivity contribution in [2.45, 2.75) is 18.9 Å². The van der Waals surface area contributed by atoms with E-state index in [-0.39, 0.29) is 31.4 Å². The lowest BCUT2D eigenvalue weighted by Gasteiger charge is -2.33. The van der Waals surface area contributed by atoms with Crippen LogP contribution in [0.5, 0.6) is 0 Å². The molecule has 1 unspecified atom stereocenters. The van der Waals surface area contributed by atoms with E-state index in [4.69, 9.17) is 9.84 Å². The van der Waals surface area contributed by atoms with E-state index in [1.807, 2.05) is 6.07 Å². The molecule has 0 radical (unpaired) electrons. The number of carbonyl (C=O) groups is 2. The quantitative estimate of drug-likeness (QED) is 0.790. The number of nitrogens with zero attached hydrogens (tertiary/aromatic N) is 1. The molecule has 0 fully saturated rings. The SMILES string of the molecule is COCC(CCO)N1C(=O)Cc2ccccc2C1=O. The van der Waals surface area contributed by atoms with Crippen molar-refractivity contribution < 1.29 is 19.4 Å². The maximum atomic E-state index is 12.4. The maximum Gasteiger partial charge on any atom is 0.261 e. The average molecular weight is 263 g/mol. The summed E-state index contributed by atoms with van der Waals surface area (Å²) >= 11 is 0. The van der Waals surface area contributed by atoms with Gasteiger partial charge in [-0.15, -0.1) is 0 Å². The summed E-state index contributed by atoms with van der Waals surface area (Å²) in [7, 11) is 1.51. The molecule has 0 spiro atoms. The summed E-state index contributed by atoms with van der Waals surface area (Å²) in [5.41, 5.74) is 1.31. The lowest BCUT2D eigenvalue weighted by atomic mass is 9.96. The molecule has 2 rings (SSSR count). The zero-order valence-corrected chi connectivity index (χ0v) is 10.8. The normalized spacial score (nSPS) is 16.4. The number of aliphatic hydroxyl groups is 1. The first kappa shape index (κ1) is 13.7. The number of carbonyl (C=O) groups excluding carboxylic acids is 2. The highest BCUT2D eigenvalue weighted by molar-refractivity contribution is 6.09.